The number of benzene rings is 2. The van der Waals surface area contributed by atoms with Crippen molar-refractivity contribution < 1.29 is 18.1 Å². The summed E-state index contributed by atoms with van der Waals surface area (Å²) in [5.74, 6) is -3.33. The van der Waals surface area contributed by atoms with E-state index in [1.807, 2.05) is 0 Å². The van der Waals surface area contributed by atoms with E-state index >= 15 is 0 Å². The number of hydrogen-bond acceptors (Lipinski definition) is 4. The summed E-state index contributed by atoms with van der Waals surface area (Å²) in [7, 11) is 1.65. The summed E-state index contributed by atoms with van der Waals surface area (Å²) < 4.78 is 41.4. The van der Waals surface area contributed by atoms with Crippen molar-refractivity contribution in [3.05, 3.63) is 75.4 Å². The molecule has 1 heterocycles. The third-order valence-corrected chi connectivity index (χ3v) is 3.72. The zero-order valence-corrected chi connectivity index (χ0v) is 13.4. The van der Waals surface area contributed by atoms with Crippen LogP contribution in [0.4, 0.5) is 18.9 Å². The van der Waals surface area contributed by atoms with Crippen LogP contribution in [0.15, 0.2) is 36.4 Å². The highest BCUT2D eigenvalue weighted by atomic mass is 19.2. The van der Waals surface area contributed by atoms with Crippen molar-refractivity contribution in [1.29, 1.82) is 0 Å². The molecular formula is C17H11F3N4O2. The maximum atomic E-state index is 13.7. The van der Waals surface area contributed by atoms with E-state index < -0.39 is 22.4 Å². The van der Waals surface area contributed by atoms with Gasteiger partial charge in [0.15, 0.2) is 29.1 Å². The number of nitro groups is 1. The Morgan fingerprint density at radius 1 is 1.00 bits per heavy atom. The number of aromatic nitrogens is 3. The highest BCUT2D eigenvalue weighted by Gasteiger charge is 2.13. The van der Waals surface area contributed by atoms with Crippen LogP contribution in [0.3, 0.4) is 0 Å². The van der Waals surface area contributed by atoms with E-state index in [1.54, 1.807) is 11.6 Å². The molecule has 0 N–H and O–H groups in total. The maximum absolute atomic E-state index is 13.7. The van der Waals surface area contributed by atoms with Crippen LogP contribution in [-0.4, -0.2) is 19.7 Å². The van der Waals surface area contributed by atoms with Gasteiger partial charge in [-0.25, -0.2) is 13.2 Å². The van der Waals surface area contributed by atoms with Gasteiger partial charge in [-0.3, -0.25) is 10.1 Å². The second kappa shape index (κ2) is 6.79. The molecule has 0 radical (unpaired) electrons. The van der Waals surface area contributed by atoms with Crippen LogP contribution >= 0.6 is 0 Å². The summed E-state index contributed by atoms with van der Waals surface area (Å²) in [5, 5.41) is 18.6. The SMILES string of the molecule is Cn1c(/C=C/c2ccc(F)c(F)c2F)nnc1-c1ccc([N+](=O)[O-])cc1. The summed E-state index contributed by atoms with van der Waals surface area (Å²) in [6.07, 6.45) is 2.65. The second-order valence-electron chi connectivity index (χ2n) is 5.34. The molecule has 0 aliphatic heterocycles. The van der Waals surface area contributed by atoms with Crippen molar-refractivity contribution in [2.45, 2.75) is 0 Å². The number of halogens is 3. The topological polar surface area (TPSA) is 73.8 Å². The summed E-state index contributed by atoms with van der Waals surface area (Å²) >= 11 is 0. The van der Waals surface area contributed by atoms with Crippen molar-refractivity contribution in [1.82, 2.24) is 14.8 Å². The fourth-order valence-electron chi connectivity index (χ4n) is 2.30. The molecule has 132 valence electrons. The average molecular weight is 360 g/mol. The minimum Gasteiger partial charge on any atom is -0.311 e. The van der Waals surface area contributed by atoms with Crippen LogP contribution in [0.1, 0.15) is 11.4 Å². The zero-order chi connectivity index (χ0) is 18.8. The smallest absolute Gasteiger partial charge is 0.269 e. The van der Waals surface area contributed by atoms with Gasteiger partial charge in [0.2, 0.25) is 0 Å². The first kappa shape index (κ1) is 17.3. The van der Waals surface area contributed by atoms with Crippen LogP contribution in [0.2, 0.25) is 0 Å². The number of non-ortho nitro benzene ring substituents is 1. The number of nitrogens with zero attached hydrogens (tertiary/aromatic N) is 4. The number of hydrogen-bond donors (Lipinski definition) is 0. The lowest BCUT2D eigenvalue weighted by molar-refractivity contribution is -0.384. The second-order valence-corrected chi connectivity index (χ2v) is 5.34. The van der Waals surface area contributed by atoms with Crippen LogP contribution in [0.25, 0.3) is 23.5 Å². The van der Waals surface area contributed by atoms with Crippen LogP contribution in [-0.2, 0) is 7.05 Å². The fraction of sp³-hybridized carbons (Fsp3) is 0.0588. The molecule has 0 fully saturated rings. The Bertz CT molecular complexity index is 1010. The quantitative estimate of drug-likeness (QED) is 0.401. The Hall–Kier alpha value is -3.49. The third-order valence-electron chi connectivity index (χ3n) is 3.72. The van der Waals surface area contributed by atoms with Crippen molar-refractivity contribution in [3.8, 4) is 11.4 Å². The molecule has 1 aromatic heterocycles. The molecule has 0 bridgehead atoms. The molecule has 3 aromatic rings. The molecular weight excluding hydrogens is 349 g/mol. The van der Waals surface area contributed by atoms with Crippen LogP contribution in [0, 0.1) is 27.6 Å². The molecule has 0 spiro atoms. The van der Waals surface area contributed by atoms with Gasteiger partial charge in [-0.05, 0) is 36.4 Å². The van der Waals surface area contributed by atoms with E-state index in [0.717, 1.165) is 12.1 Å². The van der Waals surface area contributed by atoms with Gasteiger partial charge in [0, 0.05) is 30.3 Å². The largest absolute Gasteiger partial charge is 0.311 e. The van der Waals surface area contributed by atoms with Gasteiger partial charge in [-0.2, -0.15) is 0 Å². The van der Waals surface area contributed by atoms with E-state index in [4.69, 9.17) is 0 Å². The molecule has 0 saturated heterocycles. The van der Waals surface area contributed by atoms with Gasteiger partial charge >= 0.3 is 0 Å². The first-order valence-corrected chi connectivity index (χ1v) is 7.34. The Morgan fingerprint density at radius 3 is 2.35 bits per heavy atom. The van der Waals surface area contributed by atoms with Gasteiger partial charge in [-0.1, -0.05) is 0 Å². The van der Waals surface area contributed by atoms with Crippen LogP contribution in [0.5, 0.6) is 0 Å². The minimum absolute atomic E-state index is 0.0511. The number of rotatable bonds is 4. The Balaban J connectivity index is 1.90. The average Bonchev–Trinajstić information content (AvgIpc) is 3.00. The molecule has 0 aliphatic carbocycles. The summed E-state index contributed by atoms with van der Waals surface area (Å²) in [5.41, 5.74) is 0.415. The number of nitro benzene ring substituents is 1. The summed E-state index contributed by atoms with van der Waals surface area (Å²) in [4.78, 5) is 10.2. The van der Waals surface area contributed by atoms with E-state index in [9.17, 15) is 23.3 Å². The Labute approximate surface area is 145 Å². The van der Waals surface area contributed by atoms with Crippen LogP contribution < -0.4 is 0 Å². The highest BCUT2D eigenvalue weighted by molar-refractivity contribution is 5.68. The molecule has 0 aliphatic rings. The maximum Gasteiger partial charge on any atom is 0.269 e. The van der Waals surface area contributed by atoms with Gasteiger partial charge in [-0.15, -0.1) is 10.2 Å². The monoisotopic (exact) mass is 360 g/mol. The normalized spacial score (nSPS) is 11.2. The molecule has 3 rings (SSSR count). The predicted octanol–water partition coefficient (Wildman–Crippen LogP) is 3.98. The predicted molar refractivity (Wildman–Crippen MR) is 88.3 cm³/mol. The first-order valence-electron chi connectivity index (χ1n) is 7.34. The third kappa shape index (κ3) is 3.18. The molecule has 0 atom stereocenters. The minimum atomic E-state index is -1.54. The molecule has 0 saturated carbocycles. The highest BCUT2D eigenvalue weighted by Crippen LogP contribution is 2.22. The fourth-order valence-corrected chi connectivity index (χ4v) is 2.30. The molecule has 0 unspecified atom stereocenters. The van der Waals surface area contributed by atoms with E-state index in [1.165, 1.54) is 36.4 Å². The molecule has 0 amide bonds. The molecule has 2 aromatic carbocycles. The Kier molecular flexibility index (Phi) is 4.53. The van der Waals surface area contributed by atoms with Gasteiger partial charge in [0.05, 0.1) is 4.92 Å². The van der Waals surface area contributed by atoms with E-state index in [-0.39, 0.29) is 11.3 Å². The zero-order valence-electron chi connectivity index (χ0n) is 13.4. The summed E-state index contributed by atoms with van der Waals surface area (Å²) in [6, 6.07) is 7.69. The lowest BCUT2D eigenvalue weighted by Gasteiger charge is -2.02. The van der Waals surface area contributed by atoms with Crippen molar-refractivity contribution in [2.24, 2.45) is 7.05 Å². The molecule has 26 heavy (non-hydrogen) atoms. The first-order chi connectivity index (χ1) is 12.4. The molecule has 6 nitrogen and oxygen atoms in total. The van der Waals surface area contributed by atoms with E-state index in [2.05, 4.69) is 10.2 Å². The van der Waals surface area contributed by atoms with Gasteiger partial charge < -0.3 is 4.57 Å². The lowest BCUT2D eigenvalue weighted by atomic mass is 10.2. The Morgan fingerprint density at radius 2 is 1.69 bits per heavy atom. The van der Waals surface area contributed by atoms with Gasteiger partial charge in [0.25, 0.3) is 5.69 Å². The van der Waals surface area contributed by atoms with Crippen molar-refractivity contribution in [2.75, 3.05) is 0 Å². The molecule has 9 heteroatoms. The summed E-state index contributed by atoms with van der Waals surface area (Å²) in [6.45, 7) is 0. The van der Waals surface area contributed by atoms with Crippen molar-refractivity contribution >= 4 is 17.8 Å². The van der Waals surface area contributed by atoms with Gasteiger partial charge in [0.1, 0.15) is 0 Å². The van der Waals surface area contributed by atoms with Crippen molar-refractivity contribution in [3.63, 3.8) is 0 Å². The standard InChI is InChI=1S/C17H11F3N4O2/c1-23-14(9-5-10-4-8-13(18)16(20)15(10)19)21-22-17(23)11-2-6-12(7-3-11)24(25)26/h2-9H,1H3/b9-5+. The van der Waals surface area contributed by atoms with E-state index in [0.29, 0.717) is 17.2 Å². The lowest BCUT2D eigenvalue weighted by Crippen LogP contribution is -1.96.